The van der Waals surface area contributed by atoms with Crippen molar-refractivity contribution in [2.24, 2.45) is 0 Å². The first kappa shape index (κ1) is 56.7. The van der Waals surface area contributed by atoms with Crippen LogP contribution in [0.5, 0.6) is 11.5 Å². The monoisotopic (exact) mass is 1420 g/mol. The summed E-state index contributed by atoms with van der Waals surface area (Å²) in [6.07, 6.45) is 6.05. The number of furan rings is 1. The van der Waals surface area contributed by atoms with Crippen LogP contribution in [-0.2, 0) is 26.5 Å². The number of rotatable bonds is 7. The first-order valence-electron chi connectivity index (χ1n) is 32.7. The van der Waals surface area contributed by atoms with Crippen molar-refractivity contribution in [3.8, 4) is 84.6 Å². The predicted octanol–water partition coefficient (Wildman–Crippen LogP) is 22.0. The average Bonchev–Trinajstić information content (AvgIpc) is 1.57. The van der Waals surface area contributed by atoms with Gasteiger partial charge in [0.2, 0.25) is 0 Å². The van der Waals surface area contributed by atoms with Gasteiger partial charge >= 0.3 is 0 Å². The second-order valence-corrected chi connectivity index (χ2v) is 26.3. The standard InChI is InChI=1S/C88H56N6O2.Pt/c1-88(2,3)56-44-45-89-85(49-56)94-79-35-16-10-28-68(79)69-42-40-60(52-81(69)94)95-59-21-18-20-57(50-59)90-53-91-86-71(30-19-36-80(86)93-77-33-14-8-26-66(77)67-27-9-15-34-78(67)93)72-51-58(92-75-31-12-6-24-64(75)65-25-7-13-32-76(65)92)39-41-63(72)61-22-4-5-23-62(61)74-47-55(48-82(90)87(74)91)54-38-43-84-73(46-54)70-29-11-17-37-83(70)96-84;/h4-49,51H,1-3H3;/q-2;. The molecule has 0 amide bonds. The number of fused-ring (bicyclic) bond motifs is 19. The van der Waals surface area contributed by atoms with Gasteiger partial charge in [-0.15, -0.1) is 29.7 Å². The van der Waals surface area contributed by atoms with Crippen LogP contribution >= 0.6 is 0 Å². The maximum absolute atomic E-state index is 7.01. The third kappa shape index (κ3) is 8.66. The SMILES string of the molecule is CC(C)(C)c1ccnc(-n2c3[c-]c(Oc4[c-]c(-n5[c-][n+]6c7c(cc(-c8ccc9oc%10ccccc%10c9c8)cc75)-c5ccccc5-c5ccc(-n7c8ccccc8c8ccccc87)cc5-c5cccc(-n7c8ccccc8c8ccccc87)c5-6)ccc4)ccc3c3ccccc32)c1.[Pt]. The van der Waals surface area contributed by atoms with Crippen LogP contribution in [0.1, 0.15) is 26.3 Å². The summed E-state index contributed by atoms with van der Waals surface area (Å²) in [6.45, 7) is 6.70. The number of benzene rings is 13. The average molecular weight is 1420 g/mol. The normalized spacial score (nSPS) is 12.2. The third-order valence-corrected chi connectivity index (χ3v) is 19.8. The van der Waals surface area contributed by atoms with Crippen LogP contribution in [0.15, 0.2) is 290 Å². The molecule has 0 saturated carbocycles. The van der Waals surface area contributed by atoms with Crippen molar-refractivity contribution in [2.75, 3.05) is 0 Å². The molecule has 19 aromatic rings. The van der Waals surface area contributed by atoms with Gasteiger partial charge in [-0.3, -0.25) is 4.57 Å². The van der Waals surface area contributed by atoms with Crippen LogP contribution in [0.25, 0.3) is 171 Å². The third-order valence-electron chi connectivity index (χ3n) is 19.8. The van der Waals surface area contributed by atoms with E-state index in [-0.39, 0.29) is 26.5 Å². The topological polar surface area (TPSA) is 58.9 Å². The molecule has 8 nitrogen and oxygen atoms in total. The fourth-order valence-corrected chi connectivity index (χ4v) is 15.4. The molecule has 462 valence electrons. The first-order valence-corrected chi connectivity index (χ1v) is 32.7. The Hall–Kier alpha value is -11.8. The van der Waals surface area contributed by atoms with Crippen LogP contribution in [0.4, 0.5) is 0 Å². The molecule has 1 aliphatic rings. The summed E-state index contributed by atoms with van der Waals surface area (Å²) in [7, 11) is 0. The van der Waals surface area contributed by atoms with E-state index in [0.717, 1.165) is 150 Å². The Balaban J connectivity index is 0.00000661. The van der Waals surface area contributed by atoms with Gasteiger partial charge in [0.25, 0.3) is 6.33 Å². The minimum absolute atomic E-state index is 0. The Morgan fingerprint density at radius 3 is 1.68 bits per heavy atom. The molecule has 13 aromatic carbocycles. The van der Waals surface area contributed by atoms with Crippen LogP contribution in [0.3, 0.4) is 0 Å². The minimum Gasteiger partial charge on any atom is -0.510 e. The Morgan fingerprint density at radius 1 is 0.402 bits per heavy atom. The second kappa shape index (κ2) is 21.6. The molecular formula is C88H56N6O2Pt-2. The van der Waals surface area contributed by atoms with Gasteiger partial charge in [-0.25, -0.2) is 4.98 Å². The van der Waals surface area contributed by atoms with E-state index < -0.39 is 0 Å². The van der Waals surface area contributed by atoms with Crippen LogP contribution < -0.4 is 9.30 Å². The maximum Gasteiger partial charge on any atom is 0.268 e. The van der Waals surface area contributed by atoms with Crippen molar-refractivity contribution in [3.63, 3.8) is 0 Å². The van der Waals surface area contributed by atoms with Crippen LogP contribution in [0.2, 0.25) is 0 Å². The molecular weight excluding hydrogens is 1370 g/mol. The number of pyridine rings is 1. The molecule has 0 fully saturated rings. The number of ether oxygens (including phenoxy) is 1. The van der Waals surface area contributed by atoms with Gasteiger partial charge in [0.1, 0.15) is 17.0 Å². The smallest absolute Gasteiger partial charge is 0.268 e. The van der Waals surface area contributed by atoms with E-state index >= 15 is 0 Å². The van der Waals surface area contributed by atoms with Gasteiger partial charge in [-0.1, -0.05) is 190 Å². The summed E-state index contributed by atoms with van der Waals surface area (Å²) in [5.74, 6) is 1.91. The van der Waals surface area contributed by atoms with Gasteiger partial charge in [0, 0.05) is 82.3 Å². The van der Waals surface area contributed by atoms with Crippen molar-refractivity contribution in [1.82, 2.24) is 23.3 Å². The van der Waals surface area contributed by atoms with E-state index in [2.05, 4.69) is 311 Å². The molecule has 0 spiro atoms. The molecule has 0 aliphatic carbocycles. The molecule has 9 heteroatoms. The molecule has 1 aliphatic heterocycles. The molecule has 97 heavy (non-hydrogen) atoms. The molecule has 20 rings (SSSR count). The Labute approximate surface area is 572 Å². The molecule has 7 heterocycles. The van der Waals surface area contributed by atoms with Gasteiger partial charge in [-0.2, -0.15) is 18.2 Å². The summed E-state index contributed by atoms with van der Waals surface area (Å²) in [5, 5.41) is 9.07. The molecule has 0 bridgehead atoms. The number of aromatic nitrogens is 6. The number of para-hydroxylation sites is 7. The zero-order valence-electron chi connectivity index (χ0n) is 53.0. The van der Waals surface area contributed by atoms with E-state index in [9.17, 15) is 0 Å². The Bertz CT molecular complexity index is 6400. The van der Waals surface area contributed by atoms with E-state index in [1.807, 2.05) is 36.5 Å². The zero-order chi connectivity index (χ0) is 63.5. The van der Waals surface area contributed by atoms with Gasteiger partial charge in [0.15, 0.2) is 0 Å². The van der Waals surface area contributed by atoms with Gasteiger partial charge < -0.3 is 27.4 Å². The molecule has 0 N–H and O–H groups in total. The van der Waals surface area contributed by atoms with Crippen LogP contribution in [-0.4, -0.2) is 23.3 Å². The Morgan fingerprint density at radius 2 is 0.979 bits per heavy atom. The van der Waals surface area contributed by atoms with Gasteiger partial charge in [-0.05, 0) is 151 Å². The fraction of sp³-hybridized carbons (Fsp3) is 0.0455. The van der Waals surface area contributed by atoms with E-state index in [1.54, 1.807) is 0 Å². The van der Waals surface area contributed by atoms with Crippen molar-refractivity contribution >= 4 is 98.4 Å². The van der Waals surface area contributed by atoms with Crippen molar-refractivity contribution in [2.45, 2.75) is 26.2 Å². The fourth-order valence-electron chi connectivity index (χ4n) is 15.4. The largest absolute Gasteiger partial charge is 0.510 e. The van der Waals surface area contributed by atoms with Crippen molar-refractivity contribution in [3.05, 3.63) is 309 Å². The summed E-state index contributed by atoms with van der Waals surface area (Å²) in [5.41, 5.74) is 23.5. The van der Waals surface area contributed by atoms with Crippen molar-refractivity contribution < 1.29 is 34.8 Å². The summed E-state index contributed by atoms with van der Waals surface area (Å²) in [6, 6.07) is 108. The zero-order valence-corrected chi connectivity index (χ0v) is 55.2. The van der Waals surface area contributed by atoms with Gasteiger partial charge in [0.05, 0.1) is 44.5 Å². The number of imidazole rings is 1. The first-order chi connectivity index (χ1) is 47.2. The van der Waals surface area contributed by atoms with E-state index in [1.165, 1.54) is 27.1 Å². The second-order valence-electron chi connectivity index (χ2n) is 26.3. The number of hydrogen-bond donors (Lipinski definition) is 0. The van der Waals surface area contributed by atoms with E-state index in [0.29, 0.717) is 11.5 Å². The summed E-state index contributed by atoms with van der Waals surface area (Å²) in [4.78, 5) is 4.96. The molecule has 0 atom stereocenters. The molecule has 0 radical (unpaired) electrons. The number of hydrogen-bond acceptors (Lipinski definition) is 3. The predicted molar refractivity (Wildman–Crippen MR) is 390 cm³/mol. The number of nitrogens with zero attached hydrogens (tertiary/aromatic N) is 6. The molecule has 6 aromatic heterocycles. The molecule has 0 saturated heterocycles. The summed E-state index contributed by atoms with van der Waals surface area (Å²) < 4.78 is 25.1. The quantitative estimate of drug-likeness (QED) is 0.118. The van der Waals surface area contributed by atoms with E-state index in [4.69, 9.17) is 14.1 Å². The summed E-state index contributed by atoms with van der Waals surface area (Å²) >= 11 is 0. The van der Waals surface area contributed by atoms with Crippen LogP contribution in [0, 0.1) is 18.5 Å². The minimum atomic E-state index is -0.0766. The van der Waals surface area contributed by atoms with Crippen molar-refractivity contribution in [1.29, 1.82) is 0 Å². The molecule has 0 unspecified atom stereocenters. The maximum atomic E-state index is 7.01. The Kier molecular flexibility index (Phi) is 12.6.